The highest BCUT2D eigenvalue weighted by Gasteiger charge is 2.22. The molecule has 0 aliphatic carbocycles. The fourth-order valence-electron chi connectivity index (χ4n) is 2.06. The minimum Gasteiger partial charge on any atom is -0.454 e. The van der Waals surface area contributed by atoms with E-state index in [4.69, 9.17) is 43.1 Å². The van der Waals surface area contributed by atoms with Crippen LogP contribution in [0.1, 0.15) is 17.4 Å². The zero-order chi connectivity index (χ0) is 17.1. The van der Waals surface area contributed by atoms with E-state index in [0.717, 1.165) is 5.56 Å². The maximum absolute atomic E-state index is 6.44. The lowest BCUT2D eigenvalue weighted by Crippen LogP contribution is -2.08. The molecule has 0 bridgehead atoms. The van der Waals surface area contributed by atoms with E-state index in [1.165, 1.54) is 14.2 Å². The summed E-state index contributed by atoms with van der Waals surface area (Å²) >= 11 is 15.8. The van der Waals surface area contributed by atoms with E-state index in [1.54, 1.807) is 24.3 Å². The van der Waals surface area contributed by atoms with E-state index < -0.39 is 6.29 Å². The molecule has 0 atom stereocenters. The van der Waals surface area contributed by atoms with Crippen molar-refractivity contribution in [3.05, 3.63) is 49.9 Å². The highest BCUT2D eigenvalue weighted by atomic mass is 79.9. The molecule has 4 nitrogen and oxygen atoms in total. The van der Waals surface area contributed by atoms with Crippen LogP contribution in [0.15, 0.2) is 28.7 Å². The van der Waals surface area contributed by atoms with Crippen molar-refractivity contribution >= 4 is 44.8 Å². The maximum atomic E-state index is 6.44. The first-order chi connectivity index (χ1) is 10.9. The van der Waals surface area contributed by atoms with E-state index in [2.05, 4.69) is 15.9 Å². The van der Waals surface area contributed by atoms with Crippen molar-refractivity contribution < 1.29 is 14.2 Å². The predicted octanol–water partition coefficient (Wildman–Crippen LogP) is 5.73. The second-order valence-electron chi connectivity index (χ2n) is 4.80. The van der Waals surface area contributed by atoms with Crippen molar-refractivity contribution in [1.82, 2.24) is 0 Å². The van der Waals surface area contributed by atoms with Gasteiger partial charge < -0.3 is 19.9 Å². The van der Waals surface area contributed by atoms with Crippen LogP contribution in [0.25, 0.3) is 0 Å². The molecule has 2 aromatic carbocycles. The fourth-order valence-corrected chi connectivity index (χ4v) is 3.08. The van der Waals surface area contributed by atoms with Crippen molar-refractivity contribution in [3.63, 3.8) is 0 Å². The number of hydrogen-bond donors (Lipinski definition) is 1. The molecule has 0 fully saturated rings. The lowest BCUT2D eigenvalue weighted by Gasteiger charge is -2.21. The third-order valence-electron chi connectivity index (χ3n) is 3.32. The Hall–Kier alpha value is -0.980. The third-order valence-corrected chi connectivity index (χ3v) is 4.63. The van der Waals surface area contributed by atoms with Crippen molar-refractivity contribution in [1.29, 1.82) is 0 Å². The molecular weight excluding hydrogens is 405 g/mol. The molecule has 0 aromatic heterocycles. The Labute approximate surface area is 153 Å². The van der Waals surface area contributed by atoms with Crippen LogP contribution < -0.4 is 10.5 Å². The summed E-state index contributed by atoms with van der Waals surface area (Å²) in [5.74, 6) is 0.989. The van der Waals surface area contributed by atoms with E-state index in [0.29, 0.717) is 37.3 Å². The second kappa shape index (κ2) is 7.73. The van der Waals surface area contributed by atoms with Crippen LogP contribution in [0.4, 0.5) is 5.69 Å². The Morgan fingerprint density at radius 3 is 2.35 bits per heavy atom. The van der Waals surface area contributed by atoms with Crippen LogP contribution in [0.2, 0.25) is 10.0 Å². The van der Waals surface area contributed by atoms with E-state index in [1.807, 2.05) is 6.92 Å². The highest BCUT2D eigenvalue weighted by Crippen LogP contribution is 2.43. The lowest BCUT2D eigenvalue weighted by atomic mass is 10.1. The molecule has 23 heavy (non-hydrogen) atoms. The molecule has 2 N–H and O–H groups in total. The zero-order valence-electron chi connectivity index (χ0n) is 12.8. The van der Waals surface area contributed by atoms with Gasteiger partial charge in [0.1, 0.15) is 5.75 Å². The summed E-state index contributed by atoms with van der Waals surface area (Å²) in [5.41, 5.74) is 7.86. The number of halogens is 3. The molecule has 0 aliphatic heterocycles. The highest BCUT2D eigenvalue weighted by molar-refractivity contribution is 9.10. The normalized spacial score (nSPS) is 11.1. The SMILES string of the molecule is COC(OC)c1cc(N)c(C)c(Cl)c1Oc1ccc(Cl)cc1Br. The lowest BCUT2D eigenvalue weighted by molar-refractivity contribution is -0.106. The summed E-state index contributed by atoms with van der Waals surface area (Å²) < 4.78 is 17.3. The van der Waals surface area contributed by atoms with Gasteiger partial charge in [-0.05, 0) is 52.7 Å². The standard InChI is InChI=1S/C16H16BrCl2NO3/c1-8-12(20)7-10(16(21-2)22-3)15(14(8)19)23-13-5-4-9(18)6-11(13)17/h4-7,16H,20H2,1-3H3. The molecule has 0 spiro atoms. The summed E-state index contributed by atoms with van der Waals surface area (Å²) in [5, 5.41) is 0.997. The molecule has 0 amide bonds. The van der Waals surface area contributed by atoms with Crippen molar-refractivity contribution in [2.75, 3.05) is 20.0 Å². The minimum absolute atomic E-state index is 0.404. The molecule has 0 heterocycles. The average Bonchev–Trinajstić information content (AvgIpc) is 2.52. The van der Waals surface area contributed by atoms with Crippen LogP contribution >= 0.6 is 39.1 Å². The van der Waals surface area contributed by atoms with Crippen LogP contribution in [0.3, 0.4) is 0 Å². The Bertz CT molecular complexity index is 721. The molecule has 7 heteroatoms. The van der Waals surface area contributed by atoms with Gasteiger partial charge in [0.15, 0.2) is 12.0 Å². The van der Waals surface area contributed by atoms with Gasteiger partial charge in [0.2, 0.25) is 0 Å². The molecule has 0 unspecified atom stereocenters. The van der Waals surface area contributed by atoms with Crippen molar-refractivity contribution in [2.45, 2.75) is 13.2 Å². The van der Waals surface area contributed by atoms with Crippen molar-refractivity contribution in [2.24, 2.45) is 0 Å². The first-order valence-electron chi connectivity index (χ1n) is 6.66. The van der Waals surface area contributed by atoms with E-state index in [-0.39, 0.29) is 0 Å². The monoisotopic (exact) mass is 419 g/mol. The number of benzene rings is 2. The van der Waals surface area contributed by atoms with Gasteiger partial charge in [0, 0.05) is 24.9 Å². The number of anilines is 1. The molecule has 0 aliphatic rings. The fraction of sp³-hybridized carbons (Fsp3) is 0.250. The van der Waals surface area contributed by atoms with Gasteiger partial charge in [-0.2, -0.15) is 0 Å². The number of ether oxygens (including phenoxy) is 3. The maximum Gasteiger partial charge on any atom is 0.186 e. The van der Waals surface area contributed by atoms with Gasteiger partial charge in [-0.1, -0.05) is 23.2 Å². The first-order valence-corrected chi connectivity index (χ1v) is 8.20. The van der Waals surface area contributed by atoms with Gasteiger partial charge in [-0.3, -0.25) is 0 Å². The summed E-state index contributed by atoms with van der Waals surface area (Å²) in [6.07, 6.45) is -0.656. The van der Waals surface area contributed by atoms with E-state index >= 15 is 0 Å². The Kier molecular flexibility index (Phi) is 6.17. The summed E-state index contributed by atoms with van der Waals surface area (Å²) in [6.45, 7) is 1.82. The minimum atomic E-state index is -0.656. The van der Waals surface area contributed by atoms with Crippen molar-refractivity contribution in [3.8, 4) is 11.5 Å². The Balaban J connectivity index is 2.57. The van der Waals surface area contributed by atoms with Gasteiger partial charge >= 0.3 is 0 Å². The number of methoxy groups -OCH3 is 2. The number of nitrogens with two attached hydrogens (primary N) is 1. The first kappa shape index (κ1) is 18.4. The molecule has 124 valence electrons. The topological polar surface area (TPSA) is 53.7 Å². The quantitative estimate of drug-likeness (QED) is 0.495. The predicted molar refractivity (Wildman–Crippen MR) is 96.6 cm³/mol. The molecule has 0 radical (unpaired) electrons. The largest absolute Gasteiger partial charge is 0.454 e. The van der Waals surface area contributed by atoms with E-state index in [9.17, 15) is 0 Å². The second-order valence-corrected chi connectivity index (χ2v) is 6.47. The van der Waals surface area contributed by atoms with Gasteiger partial charge in [0.05, 0.1) is 15.1 Å². The Morgan fingerprint density at radius 2 is 1.78 bits per heavy atom. The summed E-state index contributed by atoms with van der Waals surface area (Å²) in [6, 6.07) is 6.94. The molecule has 2 rings (SSSR count). The number of nitrogen functional groups attached to an aromatic ring is 1. The number of rotatable bonds is 5. The molecule has 0 saturated heterocycles. The zero-order valence-corrected chi connectivity index (χ0v) is 15.9. The number of hydrogen-bond acceptors (Lipinski definition) is 4. The van der Waals surface area contributed by atoms with Gasteiger partial charge in [-0.25, -0.2) is 0 Å². The van der Waals surface area contributed by atoms with Gasteiger partial charge in [-0.15, -0.1) is 0 Å². The average molecular weight is 421 g/mol. The molecular formula is C16H16BrCl2NO3. The molecule has 0 saturated carbocycles. The summed E-state index contributed by atoms with van der Waals surface area (Å²) in [7, 11) is 3.06. The third kappa shape index (κ3) is 3.92. The van der Waals surface area contributed by atoms with Crippen LogP contribution in [0, 0.1) is 6.92 Å². The Morgan fingerprint density at radius 1 is 1.13 bits per heavy atom. The van der Waals surface area contributed by atoms with Crippen LogP contribution in [-0.2, 0) is 9.47 Å². The van der Waals surface area contributed by atoms with Crippen LogP contribution in [-0.4, -0.2) is 14.2 Å². The van der Waals surface area contributed by atoms with Crippen LogP contribution in [0.5, 0.6) is 11.5 Å². The summed E-state index contributed by atoms with van der Waals surface area (Å²) in [4.78, 5) is 0. The van der Waals surface area contributed by atoms with Gasteiger partial charge in [0.25, 0.3) is 0 Å². The smallest absolute Gasteiger partial charge is 0.186 e. The molecule has 2 aromatic rings.